The minimum absolute atomic E-state index is 0.282. The zero-order valence-corrected chi connectivity index (χ0v) is 16.7. The molecule has 0 aliphatic rings. The van der Waals surface area contributed by atoms with Gasteiger partial charge in [-0.3, -0.25) is 0 Å². The Morgan fingerprint density at radius 3 is 1.43 bits per heavy atom. The Morgan fingerprint density at radius 2 is 1.00 bits per heavy atom. The van der Waals surface area contributed by atoms with Crippen LogP contribution in [0.5, 0.6) is 0 Å². The first-order valence-corrected chi connectivity index (χ1v) is 9.97. The van der Waals surface area contributed by atoms with E-state index in [1.807, 2.05) is 60.7 Å². The fraction of sp³-hybridized carbons (Fsp3) is 0.167. The van der Waals surface area contributed by atoms with Gasteiger partial charge >= 0.3 is 12.1 Å². The van der Waals surface area contributed by atoms with Crippen molar-refractivity contribution in [2.75, 3.05) is 23.7 Å². The predicted molar refractivity (Wildman–Crippen MR) is 121 cm³/mol. The molecule has 0 aliphatic heterocycles. The highest BCUT2D eigenvalue weighted by atomic mass is 16.2. The van der Waals surface area contributed by atoms with Gasteiger partial charge in [-0.1, -0.05) is 66.7 Å². The average molecular weight is 402 g/mol. The maximum absolute atomic E-state index is 12.1. The molecule has 6 nitrogen and oxygen atoms in total. The number of amides is 4. The second-order valence-corrected chi connectivity index (χ2v) is 6.81. The summed E-state index contributed by atoms with van der Waals surface area (Å²) in [6, 6.07) is 26.4. The van der Waals surface area contributed by atoms with E-state index in [0.717, 1.165) is 12.8 Å². The Labute approximate surface area is 176 Å². The minimum atomic E-state index is -0.282. The van der Waals surface area contributed by atoms with Crippen molar-refractivity contribution in [1.82, 2.24) is 10.6 Å². The molecule has 0 spiro atoms. The van der Waals surface area contributed by atoms with Gasteiger partial charge in [-0.05, 0) is 42.2 Å². The lowest BCUT2D eigenvalue weighted by molar-refractivity contribution is 0.251. The third-order valence-electron chi connectivity index (χ3n) is 4.46. The van der Waals surface area contributed by atoms with E-state index in [0.29, 0.717) is 24.5 Å². The normalized spacial score (nSPS) is 10.1. The van der Waals surface area contributed by atoms with Crippen molar-refractivity contribution in [2.24, 2.45) is 0 Å². The molecule has 0 bridgehead atoms. The van der Waals surface area contributed by atoms with Gasteiger partial charge in [0.25, 0.3) is 0 Å². The number of urea groups is 2. The Hall–Kier alpha value is -3.80. The molecule has 0 atom stereocenters. The van der Waals surface area contributed by atoms with Crippen LogP contribution < -0.4 is 21.3 Å². The van der Waals surface area contributed by atoms with Crippen LogP contribution in [0.2, 0.25) is 0 Å². The molecular weight excluding hydrogens is 376 g/mol. The van der Waals surface area contributed by atoms with E-state index in [9.17, 15) is 9.59 Å². The third kappa shape index (κ3) is 7.31. The van der Waals surface area contributed by atoms with Crippen molar-refractivity contribution >= 4 is 23.4 Å². The van der Waals surface area contributed by atoms with Crippen LogP contribution in [0.4, 0.5) is 21.0 Å². The number of nitrogens with one attached hydrogen (secondary N) is 4. The minimum Gasteiger partial charge on any atom is -0.338 e. The molecule has 0 aromatic heterocycles. The third-order valence-corrected chi connectivity index (χ3v) is 4.46. The van der Waals surface area contributed by atoms with Crippen molar-refractivity contribution < 1.29 is 9.59 Å². The highest BCUT2D eigenvalue weighted by molar-refractivity contribution is 5.92. The molecule has 0 radical (unpaired) electrons. The molecule has 0 saturated heterocycles. The number of benzene rings is 3. The lowest BCUT2D eigenvalue weighted by Gasteiger charge is -2.11. The van der Waals surface area contributed by atoms with Gasteiger partial charge in [0.15, 0.2) is 0 Å². The van der Waals surface area contributed by atoms with E-state index in [-0.39, 0.29) is 12.1 Å². The summed E-state index contributed by atoms with van der Waals surface area (Å²) < 4.78 is 0. The van der Waals surface area contributed by atoms with Crippen LogP contribution in [-0.4, -0.2) is 25.2 Å². The van der Waals surface area contributed by atoms with Crippen LogP contribution in [0.3, 0.4) is 0 Å². The zero-order valence-electron chi connectivity index (χ0n) is 16.7. The van der Waals surface area contributed by atoms with E-state index in [4.69, 9.17) is 0 Å². The summed E-state index contributed by atoms with van der Waals surface area (Å²) in [5.74, 6) is 0. The van der Waals surface area contributed by atoms with Crippen molar-refractivity contribution in [3.05, 3.63) is 96.1 Å². The van der Waals surface area contributed by atoms with Gasteiger partial charge in [-0.15, -0.1) is 0 Å². The van der Waals surface area contributed by atoms with Crippen molar-refractivity contribution in [3.8, 4) is 0 Å². The maximum Gasteiger partial charge on any atom is 0.319 e. The first-order chi connectivity index (χ1) is 14.7. The Bertz CT molecular complexity index is 871. The molecule has 4 amide bonds. The van der Waals surface area contributed by atoms with E-state index >= 15 is 0 Å². The van der Waals surface area contributed by atoms with Crippen LogP contribution in [-0.2, 0) is 12.8 Å². The molecule has 3 aromatic carbocycles. The summed E-state index contributed by atoms with van der Waals surface area (Å²) in [5, 5.41) is 11.2. The number of hydrogen-bond acceptors (Lipinski definition) is 2. The van der Waals surface area contributed by atoms with Crippen LogP contribution in [0, 0.1) is 0 Å². The summed E-state index contributed by atoms with van der Waals surface area (Å²) in [6.07, 6.45) is 1.53. The summed E-state index contributed by atoms with van der Waals surface area (Å²) in [4.78, 5) is 24.2. The number of anilines is 2. The Kier molecular flexibility index (Phi) is 7.85. The fourth-order valence-corrected chi connectivity index (χ4v) is 2.96. The first-order valence-electron chi connectivity index (χ1n) is 9.97. The maximum atomic E-state index is 12.1. The molecule has 0 fully saturated rings. The summed E-state index contributed by atoms with van der Waals surface area (Å²) in [5.41, 5.74) is 3.55. The predicted octanol–water partition coefficient (Wildman–Crippen LogP) is 4.42. The second kappa shape index (κ2) is 11.3. The van der Waals surface area contributed by atoms with Gasteiger partial charge in [0, 0.05) is 24.5 Å². The van der Waals surface area contributed by atoms with Gasteiger partial charge in [0.05, 0.1) is 0 Å². The molecule has 0 aliphatic carbocycles. The zero-order chi connectivity index (χ0) is 21.0. The van der Waals surface area contributed by atoms with Gasteiger partial charge in [0.1, 0.15) is 0 Å². The average Bonchev–Trinajstić information content (AvgIpc) is 2.75. The monoisotopic (exact) mass is 402 g/mol. The Balaban J connectivity index is 1.40. The summed E-state index contributed by atoms with van der Waals surface area (Å²) in [7, 11) is 0. The molecule has 0 unspecified atom stereocenters. The summed E-state index contributed by atoms with van der Waals surface area (Å²) >= 11 is 0. The number of carbonyl (C=O) groups excluding carboxylic acids is 2. The number of carbonyl (C=O) groups is 2. The Morgan fingerprint density at radius 1 is 0.567 bits per heavy atom. The molecular formula is C24H26N4O2. The SMILES string of the molecule is O=C(NCCc1ccccc1)Nc1cccc(NC(=O)NCCc2ccccc2)c1. The molecule has 6 heteroatoms. The van der Waals surface area contributed by atoms with Crippen molar-refractivity contribution in [3.63, 3.8) is 0 Å². The molecule has 0 heterocycles. The van der Waals surface area contributed by atoms with Crippen LogP contribution in [0.1, 0.15) is 11.1 Å². The van der Waals surface area contributed by atoms with E-state index in [1.165, 1.54) is 11.1 Å². The standard InChI is InChI=1S/C24H26N4O2/c29-23(25-16-14-19-8-3-1-4-9-19)27-21-12-7-13-22(18-21)28-24(30)26-17-15-20-10-5-2-6-11-20/h1-13,18H,14-17H2,(H2,25,27,29)(H2,26,28,30). The molecule has 3 rings (SSSR count). The smallest absolute Gasteiger partial charge is 0.319 e. The van der Waals surface area contributed by atoms with Gasteiger partial charge < -0.3 is 21.3 Å². The second-order valence-electron chi connectivity index (χ2n) is 6.81. The topological polar surface area (TPSA) is 82.3 Å². The van der Waals surface area contributed by atoms with E-state index in [2.05, 4.69) is 21.3 Å². The van der Waals surface area contributed by atoms with Crippen molar-refractivity contribution in [1.29, 1.82) is 0 Å². The van der Waals surface area contributed by atoms with Gasteiger partial charge in [0.2, 0.25) is 0 Å². The van der Waals surface area contributed by atoms with Crippen molar-refractivity contribution in [2.45, 2.75) is 12.8 Å². The fourth-order valence-electron chi connectivity index (χ4n) is 2.96. The first kappa shape index (κ1) is 20.9. The van der Waals surface area contributed by atoms with Gasteiger partial charge in [-0.2, -0.15) is 0 Å². The van der Waals surface area contributed by atoms with E-state index < -0.39 is 0 Å². The van der Waals surface area contributed by atoms with E-state index in [1.54, 1.807) is 24.3 Å². The quantitative estimate of drug-likeness (QED) is 0.450. The number of rotatable bonds is 8. The number of hydrogen-bond donors (Lipinski definition) is 4. The molecule has 30 heavy (non-hydrogen) atoms. The largest absolute Gasteiger partial charge is 0.338 e. The van der Waals surface area contributed by atoms with Crippen LogP contribution in [0.25, 0.3) is 0 Å². The molecule has 4 N–H and O–H groups in total. The van der Waals surface area contributed by atoms with Crippen LogP contribution in [0.15, 0.2) is 84.9 Å². The molecule has 3 aromatic rings. The highest BCUT2D eigenvalue weighted by Gasteiger charge is 2.05. The van der Waals surface area contributed by atoms with Crippen LogP contribution >= 0.6 is 0 Å². The molecule has 154 valence electrons. The van der Waals surface area contributed by atoms with Gasteiger partial charge in [-0.25, -0.2) is 9.59 Å². The summed E-state index contributed by atoms with van der Waals surface area (Å²) in [6.45, 7) is 1.08. The molecule has 0 saturated carbocycles. The highest BCUT2D eigenvalue weighted by Crippen LogP contribution is 2.15. The lowest BCUT2D eigenvalue weighted by atomic mass is 10.1. The lowest BCUT2D eigenvalue weighted by Crippen LogP contribution is -2.31.